The summed E-state index contributed by atoms with van der Waals surface area (Å²) in [5, 5.41) is 14.3. The van der Waals surface area contributed by atoms with E-state index < -0.39 is 11.9 Å². The van der Waals surface area contributed by atoms with E-state index in [1.54, 1.807) is 16.8 Å². The van der Waals surface area contributed by atoms with Crippen molar-refractivity contribution in [2.24, 2.45) is 7.05 Å². The second-order valence-corrected chi connectivity index (χ2v) is 5.20. The van der Waals surface area contributed by atoms with Crippen LogP contribution in [0.3, 0.4) is 0 Å². The van der Waals surface area contributed by atoms with Crippen LogP contribution in [0.15, 0.2) is 28.7 Å². The van der Waals surface area contributed by atoms with Crippen molar-refractivity contribution in [3.05, 3.63) is 51.5 Å². The molecule has 3 nitrogen and oxygen atoms in total. The first-order valence-corrected chi connectivity index (χ1v) is 6.39. The maximum atomic E-state index is 13.7. The molecule has 1 atom stereocenters. The lowest BCUT2D eigenvalue weighted by Crippen LogP contribution is -2.08. The van der Waals surface area contributed by atoms with Gasteiger partial charge in [-0.2, -0.15) is 5.10 Å². The molecule has 2 rings (SSSR count). The Morgan fingerprint density at radius 1 is 1.44 bits per heavy atom. The largest absolute Gasteiger partial charge is 0.388 e. The summed E-state index contributed by atoms with van der Waals surface area (Å²) in [5.41, 5.74) is 2.07. The predicted molar refractivity (Wildman–Crippen MR) is 70.7 cm³/mol. The smallest absolute Gasteiger partial charge is 0.130 e. The van der Waals surface area contributed by atoms with E-state index in [0.717, 1.165) is 11.4 Å². The van der Waals surface area contributed by atoms with Crippen molar-refractivity contribution in [3.63, 3.8) is 0 Å². The van der Waals surface area contributed by atoms with Gasteiger partial charge in [0, 0.05) is 29.2 Å². The summed E-state index contributed by atoms with van der Waals surface area (Å²) in [6.45, 7) is 1.89. The number of hydrogen-bond donors (Lipinski definition) is 1. The van der Waals surface area contributed by atoms with Crippen molar-refractivity contribution < 1.29 is 9.50 Å². The molecule has 96 valence electrons. The van der Waals surface area contributed by atoms with Crippen molar-refractivity contribution >= 4 is 15.9 Å². The van der Waals surface area contributed by atoms with Crippen LogP contribution in [-0.2, 0) is 13.5 Å². The first-order valence-electron chi connectivity index (χ1n) is 5.60. The van der Waals surface area contributed by atoms with Crippen molar-refractivity contribution in [1.29, 1.82) is 0 Å². The van der Waals surface area contributed by atoms with E-state index in [9.17, 15) is 9.50 Å². The topological polar surface area (TPSA) is 38.0 Å². The minimum atomic E-state index is -0.868. The van der Waals surface area contributed by atoms with Gasteiger partial charge in [-0.25, -0.2) is 4.39 Å². The Labute approximate surface area is 113 Å². The van der Waals surface area contributed by atoms with Crippen molar-refractivity contribution in [2.45, 2.75) is 19.4 Å². The zero-order valence-electron chi connectivity index (χ0n) is 10.2. The SMILES string of the molecule is Cc1cc(CC(O)c2ccc(Br)cc2F)n(C)n1. The molecule has 0 radical (unpaired) electrons. The van der Waals surface area contributed by atoms with Crippen LogP contribution in [0.1, 0.15) is 23.1 Å². The van der Waals surface area contributed by atoms with Gasteiger partial charge in [0.05, 0.1) is 11.8 Å². The van der Waals surface area contributed by atoms with Gasteiger partial charge in [-0.05, 0) is 25.1 Å². The Bertz CT molecular complexity index is 568. The highest BCUT2D eigenvalue weighted by molar-refractivity contribution is 9.10. The number of aryl methyl sites for hydroxylation is 2. The number of hydrogen-bond acceptors (Lipinski definition) is 2. The Kier molecular flexibility index (Phi) is 3.82. The fraction of sp³-hybridized carbons (Fsp3) is 0.308. The molecule has 2 aromatic rings. The fourth-order valence-corrected chi connectivity index (χ4v) is 2.27. The lowest BCUT2D eigenvalue weighted by atomic mass is 10.0. The molecule has 0 bridgehead atoms. The molecule has 1 heterocycles. The summed E-state index contributed by atoms with van der Waals surface area (Å²) < 4.78 is 16.1. The molecule has 5 heteroatoms. The Balaban J connectivity index is 2.21. The van der Waals surface area contributed by atoms with Gasteiger partial charge in [0.2, 0.25) is 0 Å². The van der Waals surface area contributed by atoms with Crippen LogP contribution < -0.4 is 0 Å². The number of halogens is 2. The maximum Gasteiger partial charge on any atom is 0.130 e. The highest BCUT2D eigenvalue weighted by Gasteiger charge is 2.15. The molecule has 0 spiro atoms. The number of nitrogens with zero attached hydrogens (tertiary/aromatic N) is 2. The van der Waals surface area contributed by atoms with Crippen LogP contribution in [0, 0.1) is 12.7 Å². The molecular weight excluding hydrogens is 299 g/mol. The van der Waals surface area contributed by atoms with Gasteiger partial charge in [-0.15, -0.1) is 0 Å². The highest BCUT2D eigenvalue weighted by atomic mass is 79.9. The zero-order chi connectivity index (χ0) is 13.3. The fourth-order valence-electron chi connectivity index (χ4n) is 1.94. The van der Waals surface area contributed by atoms with Crippen LogP contribution in [0.5, 0.6) is 0 Å². The van der Waals surface area contributed by atoms with E-state index in [0.29, 0.717) is 16.5 Å². The molecule has 1 aromatic heterocycles. The molecule has 0 aliphatic rings. The molecule has 0 saturated carbocycles. The molecule has 1 aromatic carbocycles. The van der Waals surface area contributed by atoms with E-state index in [1.165, 1.54) is 6.07 Å². The number of rotatable bonds is 3. The number of benzene rings is 1. The first kappa shape index (κ1) is 13.2. The minimum absolute atomic E-state index is 0.303. The minimum Gasteiger partial charge on any atom is -0.388 e. The lowest BCUT2D eigenvalue weighted by molar-refractivity contribution is 0.171. The Hall–Kier alpha value is -1.20. The molecule has 0 aliphatic carbocycles. The van der Waals surface area contributed by atoms with Gasteiger partial charge in [0.1, 0.15) is 5.82 Å². The maximum absolute atomic E-state index is 13.7. The average Bonchev–Trinajstić information content (AvgIpc) is 2.57. The van der Waals surface area contributed by atoms with Crippen LogP contribution in [0.25, 0.3) is 0 Å². The van der Waals surface area contributed by atoms with Gasteiger partial charge >= 0.3 is 0 Å². The van der Waals surface area contributed by atoms with E-state index in [2.05, 4.69) is 21.0 Å². The van der Waals surface area contributed by atoms with E-state index in [-0.39, 0.29) is 0 Å². The summed E-state index contributed by atoms with van der Waals surface area (Å²) in [5.74, 6) is -0.407. The molecule has 0 fully saturated rings. The van der Waals surface area contributed by atoms with E-state index in [1.807, 2.05) is 20.0 Å². The summed E-state index contributed by atoms with van der Waals surface area (Å²) in [6, 6.07) is 6.55. The van der Waals surface area contributed by atoms with Gasteiger partial charge in [0.15, 0.2) is 0 Å². The third kappa shape index (κ3) is 2.79. The Morgan fingerprint density at radius 2 is 2.17 bits per heavy atom. The van der Waals surface area contributed by atoms with Gasteiger partial charge in [0.25, 0.3) is 0 Å². The average molecular weight is 313 g/mol. The number of aliphatic hydroxyl groups excluding tert-OH is 1. The van der Waals surface area contributed by atoms with Crippen LogP contribution in [0.4, 0.5) is 4.39 Å². The molecular formula is C13H14BrFN2O. The van der Waals surface area contributed by atoms with Gasteiger partial charge in [-0.1, -0.05) is 22.0 Å². The highest BCUT2D eigenvalue weighted by Crippen LogP contribution is 2.24. The van der Waals surface area contributed by atoms with E-state index in [4.69, 9.17) is 0 Å². The molecule has 0 amide bonds. The van der Waals surface area contributed by atoms with Crippen molar-refractivity contribution in [1.82, 2.24) is 9.78 Å². The normalized spacial score (nSPS) is 12.7. The van der Waals surface area contributed by atoms with Gasteiger partial charge < -0.3 is 5.11 Å². The summed E-state index contributed by atoms with van der Waals surface area (Å²) >= 11 is 3.19. The Morgan fingerprint density at radius 3 is 2.72 bits per heavy atom. The summed E-state index contributed by atoms with van der Waals surface area (Å²) in [4.78, 5) is 0. The summed E-state index contributed by atoms with van der Waals surface area (Å²) in [7, 11) is 1.81. The monoisotopic (exact) mass is 312 g/mol. The second kappa shape index (κ2) is 5.20. The number of aromatic nitrogens is 2. The third-order valence-corrected chi connectivity index (χ3v) is 3.32. The number of aliphatic hydroxyl groups is 1. The summed E-state index contributed by atoms with van der Waals surface area (Å²) in [6.07, 6.45) is -0.525. The first-order chi connectivity index (χ1) is 8.47. The van der Waals surface area contributed by atoms with Crippen LogP contribution in [0.2, 0.25) is 0 Å². The standard InChI is InChI=1S/C13H14BrFN2O/c1-8-5-10(17(2)16-8)7-13(18)11-4-3-9(14)6-12(11)15/h3-6,13,18H,7H2,1-2H3. The van der Waals surface area contributed by atoms with Gasteiger partial charge in [-0.3, -0.25) is 4.68 Å². The molecule has 18 heavy (non-hydrogen) atoms. The van der Waals surface area contributed by atoms with Crippen molar-refractivity contribution in [3.8, 4) is 0 Å². The predicted octanol–water partition coefficient (Wildman–Crippen LogP) is 2.91. The molecule has 1 unspecified atom stereocenters. The quantitative estimate of drug-likeness (QED) is 0.946. The molecule has 0 aliphatic heterocycles. The molecule has 1 N–H and O–H groups in total. The molecule has 0 saturated heterocycles. The van der Waals surface area contributed by atoms with Crippen LogP contribution in [-0.4, -0.2) is 14.9 Å². The second-order valence-electron chi connectivity index (χ2n) is 4.29. The van der Waals surface area contributed by atoms with Crippen LogP contribution >= 0.6 is 15.9 Å². The lowest BCUT2D eigenvalue weighted by Gasteiger charge is -2.12. The third-order valence-electron chi connectivity index (χ3n) is 2.82. The van der Waals surface area contributed by atoms with Crippen molar-refractivity contribution in [2.75, 3.05) is 0 Å². The zero-order valence-corrected chi connectivity index (χ0v) is 11.8. The van der Waals surface area contributed by atoms with E-state index >= 15 is 0 Å².